The molecule has 0 aliphatic carbocycles. The predicted octanol–water partition coefficient (Wildman–Crippen LogP) is 1.31. The van der Waals surface area contributed by atoms with Gasteiger partial charge in [0.25, 0.3) is 5.92 Å². The van der Waals surface area contributed by atoms with Crippen molar-refractivity contribution < 1.29 is 8.78 Å². The fraction of sp³-hybridized carbons (Fsp3) is 1.00. The first-order valence-electron chi connectivity index (χ1n) is 4.28. The topological polar surface area (TPSA) is 29.3 Å². The van der Waals surface area contributed by atoms with Crippen molar-refractivity contribution in [2.45, 2.75) is 25.7 Å². The quantitative estimate of drug-likeness (QED) is 0.667. The van der Waals surface area contributed by atoms with Gasteiger partial charge in [0.15, 0.2) is 0 Å². The third kappa shape index (κ3) is 5.43. The maximum Gasteiger partial charge on any atom is 0.272 e. The number of hydrogen-bond donors (Lipinski definition) is 1. The van der Waals surface area contributed by atoms with E-state index in [0.717, 1.165) is 12.8 Å². The standard InChI is InChI=1S/C8H18F2N2/c1-3-4-5-12(2)7-8(9,10)6-11/h3-7,11H2,1-2H3. The van der Waals surface area contributed by atoms with E-state index in [9.17, 15) is 8.78 Å². The van der Waals surface area contributed by atoms with Crippen LogP contribution >= 0.6 is 0 Å². The van der Waals surface area contributed by atoms with Crippen molar-refractivity contribution >= 4 is 0 Å². The molecule has 0 heterocycles. The fourth-order valence-electron chi connectivity index (χ4n) is 0.967. The van der Waals surface area contributed by atoms with Crippen molar-refractivity contribution in [3.8, 4) is 0 Å². The summed E-state index contributed by atoms with van der Waals surface area (Å²) in [5, 5.41) is 0. The van der Waals surface area contributed by atoms with E-state index in [-0.39, 0.29) is 6.54 Å². The van der Waals surface area contributed by atoms with E-state index < -0.39 is 12.5 Å². The van der Waals surface area contributed by atoms with Gasteiger partial charge in [-0.1, -0.05) is 13.3 Å². The maximum atomic E-state index is 12.7. The van der Waals surface area contributed by atoms with Crippen LogP contribution in [-0.4, -0.2) is 37.5 Å². The minimum atomic E-state index is -2.73. The van der Waals surface area contributed by atoms with Crippen LogP contribution in [0.1, 0.15) is 19.8 Å². The lowest BCUT2D eigenvalue weighted by Crippen LogP contribution is -2.40. The van der Waals surface area contributed by atoms with Crippen molar-refractivity contribution in [3.05, 3.63) is 0 Å². The molecule has 0 spiro atoms. The zero-order chi connectivity index (χ0) is 9.61. The molecule has 0 aliphatic heterocycles. The van der Waals surface area contributed by atoms with Crippen molar-refractivity contribution in [1.82, 2.24) is 4.90 Å². The Hall–Kier alpha value is -0.220. The molecule has 0 aromatic heterocycles. The second-order valence-corrected chi connectivity index (χ2v) is 3.15. The van der Waals surface area contributed by atoms with Gasteiger partial charge in [-0.3, -0.25) is 0 Å². The Balaban J connectivity index is 3.60. The predicted molar refractivity (Wildman–Crippen MR) is 46.4 cm³/mol. The van der Waals surface area contributed by atoms with Gasteiger partial charge >= 0.3 is 0 Å². The fourth-order valence-corrected chi connectivity index (χ4v) is 0.967. The summed E-state index contributed by atoms with van der Waals surface area (Å²) in [5.41, 5.74) is 4.91. The van der Waals surface area contributed by atoms with E-state index in [2.05, 4.69) is 0 Å². The average molecular weight is 180 g/mol. The van der Waals surface area contributed by atoms with Gasteiger partial charge in [-0.2, -0.15) is 0 Å². The van der Waals surface area contributed by atoms with Gasteiger partial charge in [0, 0.05) is 0 Å². The third-order valence-electron chi connectivity index (χ3n) is 1.69. The smallest absolute Gasteiger partial charge is 0.272 e. The molecule has 0 saturated carbocycles. The van der Waals surface area contributed by atoms with Gasteiger partial charge in [-0.05, 0) is 20.0 Å². The van der Waals surface area contributed by atoms with Gasteiger partial charge in [0.05, 0.1) is 13.1 Å². The molecular formula is C8H18F2N2. The highest BCUT2D eigenvalue weighted by atomic mass is 19.3. The third-order valence-corrected chi connectivity index (χ3v) is 1.69. The molecule has 0 aromatic carbocycles. The van der Waals surface area contributed by atoms with Crippen molar-refractivity contribution in [2.75, 3.05) is 26.7 Å². The zero-order valence-electron chi connectivity index (χ0n) is 7.82. The Kier molecular flexibility index (Phi) is 5.33. The highest BCUT2D eigenvalue weighted by Crippen LogP contribution is 2.12. The molecule has 0 saturated heterocycles. The van der Waals surface area contributed by atoms with Crippen LogP contribution in [0.3, 0.4) is 0 Å². The number of halogens is 2. The monoisotopic (exact) mass is 180 g/mol. The molecule has 0 atom stereocenters. The molecular weight excluding hydrogens is 162 g/mol. The number of nitrogens with two attached hydrogens (primary N) is 1. The Morgan fingerprint density at radius 2 is 2.00 bits per heavy atom. The molecule has 2 nitrogen and oxygen atoms in total. The van der Waals surface area contributed by atoms with Crippen LogP contribution < -0.4 is 5.73 Å². The van der Waals surface area contributed by atoms with E-state index in [1.807, 2.05) is 6.92 Å². The van der Waals surface area contributed by atoms with Crippen LogP contribution in [0.4, 0.5) is 8.78 Å². The number of nitrogens with zero attached hydrogens (tertiary/aromatic N) is 1. The number of rotatable bonds is 6. The SMILES string of the molecule is CCCCN(C)CC(F)(F)CN. The van der Waals surface area contributed by atoms with Crippen LogP contribution in [-0.2, 0) is 0 Å². The summed E-state index contributed by atoms with van der Waals surface area (Å²) in [4.78, 5) is 1.62. The first-order chi connectivity index (χ1) is 5.52. The summed E-state index contributed by atoms with van der Waals surface area (Å²) in [6.07, 6.45) is 1.98. The summed E-state index contributed by atoms with van der Waals surface area (Å²) in [5.74, 6) is -2.73. The molecule has 0 radical (unpaired) electrons. The molecule has 0 bridgehead atoms. The largest absolute Gasteiger partial charge is 0.325 e. The van der Waals surface area contributed by atoms with Crippen LogP contribution in [0, 0.1) is 0 Å². The summed E-state index contributed by atoms with van der Waals surface area (Å²) in [7, 11) is 1.69. The van der Waals surface area contributed by atoms with Gasteiger partial charge < -0.3 is 10.6 Å². The summed E-state index contributed by atoms with van der Waals surface area (Å²) >= 11 is 0. The first-order valence-corrected chi connectivity index (χ1v) is 4.28. The lowest BCUT2D eigenvalue weighted by atomic mass is 10.3. The molecule has 0 rings (SSSR count). The summed E-state index contributed by atoms with van der Waals surface area (Å²) in [6.45, 7) is 1.95. The molecule has 4 heteroatoms. The van der Waals surface area contributed by atoms with Crippen LogP contribution in [0.2, 0.25) is 0 Å². The molecule has 0 unspecified atom stereocenters. The minimum Gasteiger partial charge on any atom is -0.325 e. The Morgan fingerprint density at radius 3 is 2.42 bits per heavy atom. The van der Waals surface area contributed by atoms with Crippen molar-refractivity contribution in [3.63, 3.8) is 0 Å². The lowest BCUT2D eigenvalue weighted by Gasteiger charge is -2.22. The van der Waals surface area contributed by atoms with Gasteiger partial charge in [0.1, 0.15) is 0 Å². The maximum absolute atomic E-state index is 12.7. The number of unbranched alkanes of at least 4 members (excludes halogenated alkanes) is 1. The molecule has 0 aromatic rings. The summed E-state index contributed by atoms with van der Waals surface area (Å²) in [6, 6.07) is 0. The normalized spacial score (nSPS) is 12.5. The van der Waals surface area contributed by atoms with E-state index in [1.54, 1.807) is 11.9 Å². The molecule has 74 valence electrons. The lowest BCUT2D eigenvalue weighted by molar-refractivity contribution is -0.0176. The molecule has 2 N–H and O–H groups in total. The van der Waals surface area contributed by atoms with E-state index in [4.69, 9.17) is 5.73 Å². The Labute approximate surface area is 72.7 Å². The van der Waals surface area contributed by atoms with Gasteiger partial charge in [-0.15, -0.1) is 0 Å². The second-order valence-electron chi connectivity index (χ2n) is 3.15. The van der Waals surface area contributed by atoms with Crippen molar-refractivity contribution in [1.29, 1.82) is 0 Å². The highest BCUT2D eigenvalue weighted by molar-refractivity contribution is 4.70. The van der Waals surface area contributed by atoms with Gasteiger partial charge in [0.2, 0.25) is 0 Å². The molecule has 0 aliphatic rings. The first kappa shape index (κ1) is 11.8. The van der Waals surface area contributed by atoms with Crippen LogP contribution in [0.25, 0.3) is 0 Å². The number of hydrogen-bond acceptors (Lipinski definition) is 2. The molecule has 0 amide bonds. The van der Waals surface area contributed by atoms with E-state index in [1.165, 1.54) is 0 Å². The van der Waals surface area contributed by atoms with Crippen molar-refractivity contribution in [2.24, 2.45) is 5.73 Å². The Morgan fingerprint density at radius 1 is 1.42 bits per heavy atom. The number of alkyl halides is 2. The van der Waals surface area contributed by atoms with E-state index >= 15 is 0 Å². The van der Waals surface area contributed by atoms with Crippen LogP contribution in [0.5, 0.6) is 0 Å². The minimum absolute atomic E-state index is 0.233. The molecule has 12 heavy (non-hydrogen) atoms. The zero-order valence-corrected chi connectivity index (χ0v) is 7.82. The van der Waals surface area contributed by atoms with E-state index in [0.29, 0.717) is 6.54 Å². The van der Waals surface area contributed by atoms with Gasteiger partial charge in [-0.25, -0.2) is 8.78 Å². The second kappa shape index (κ2) is 5.43. The highest BCUT2D eigenvalue weighted by Gasteiger charge is 2.27. The van der Waals surface area contributed by atoms with Crippen LogP contribution in [0.15, 0.2) is 0 Å². The Bertz CT molecular complexity index is 118. The molecule has 0 fully saturated rings. The average Bonchev–Trinajstić information content (AvgIpc) is 2.00. The summed E-state index contributed by atoms with van der Waals surface area (Å²) < 4.78 is 25.3.